The van der Waals surface area contributed by atoms with Gasteiger partial charge in [-0.25, -0.2) is 0 Å². The zero-order valence-electron chi connectivity index (χ0n) is 13.0. The number of nitrogens with one attached hydrogen (secondary N) is 1. The number of aryl methyl sites for hydroxylation is 2. The lowest BCUT2D eigenvalue weighted by molar-refractivity contribution is -0.120. The van der Waals surface area contributed by atoms with Crippen molar-refractivity contribution in [2.75, 3.05) is 0 Å². The molecule has 0 bridgehead atoms. The van der Waals surface area contributed by atoms with E-state index in [4.69, 9.17) is 8.94 Å². The molecule has 0 atom stereocenters. The van der Waals surface area contributed by atoms with Crippen molar-refractivity contribution in [2.45, 2.75) is 26.8 Å². The lowest BCUT2D eigenvalue weighted by Crippen LogP contribution is -2.25. The van der Waals surface area contributed by atoms with Crippen molar-refractivity contribution in [3.63, 3.8) is 0 Å². The fraction of sp³-hybridized carbons (Fsp3) is 0.235. The molecule has 0 radical (unpaired) electrons. The predicted molar refractivity (Wildman–Crippen MR) is 83.5 cm³/mol. The maximum absolute atomic E-state index is 12.1. The lowest BCUT2D eigenvalue weighted by atomic mass is 10.1. The Morgan fingerprint density at radius 1 is 1.30 bits per heavy atom. The molecular formula is C17H17N3O3. The fourth-order valence-electron chi connectivity index (χ4n) is 2.32. The highest BCUT2D eigenvalue weighted by atomic mass is 16.5. The van der Waals surface area contributed by atoms with E-state index in [9.17, 15) is 4.79 Å². The van der Waals surface area contributed by atoms with Gasteiger partial charge in [-0.3, -0.25) is 9.78 Å². The number of carbonyl (C=O) groups excluding carboxylic acids is 1. The van der Waals surface area contributed by atoms with Crippen LogP contribution in [0.15, 0.2) is 45.7 Å². The van der Waals surface area contributed by atoms with Crippen LogP contribution in [0.3, 0.4) is 0 Å². The molecule has 23 heavy (non-hydrogen) atoms. The molecule has 118 valence electrons. The van der Waals surface area contributed by atoms with Gasteiger partial charge in [-0.2, -0.15) is 0 Å². The summed E-state index contributed by atoms with van der Waals surface area (Å²) >= 11 is 0. The average Bonchev–Trinajstić information content (AvgIpc) is 3.19. The first-order chi connectivity index (χ1) is 11.1. The Balaban J connectivity index is 1.62. The van der Waals surface area contributed by atoms with Crippen LogP contribution in [0.25, 0.3) is 11.5 Å². The minimum Gasteiger partial charge on any atom is -0.463 e. The number of nitrogens with zero attached hydrogens (tertiary/aromatic N) is 2. The second-order valence-electron chi connectivity index (χ2n) is 5.28. The SMILES string of the molecule is Cc1noc(C)c1CC(=O)NCc1ccnc(-c2ccco2)c1. The Hall–Kier alpha value is -2.89. The van der Waals surface area contributed by atoms with Crippen molar-refractivity contribution in [1.29, 1.82) is 0 Å². The third-order valence-corrected chi connectivity index (χ3v) is 3.61. The minimum absolute atomic E-state index is 0.0734. The van der Waals surface area contributed by atoms with Gasteiger partial charge in [-0.1, -0.05) is 5.16 Å². The molecule has 3 heterocycles. The second kappa shape index (κ2) is 6.48. The van der Waals surface area contributed by atoms with Crippen LogP contribution in [0.2, 0.25) is 0 Å². The van der Waals surface area contributed by atoms with E-state index < -0.39 is 0 Å². The van der Waals surface area contributed by atoms with Crippen molar-refractivity contribution >= 4 is 5.91 Å². The zero-order valence-corrected chi connectivity index (χ0v) is 13.0. The van der Waals surface area contributed by atoms with E-state index in [1.165, 1.54) is 0 Å². The summed E-state index contributed by atoms with van der Waals surface area (Å²) in [7, 11) is 0. The normalized spacial score (nSPS) is 10.7. The molecule has 3 aromatic heterocycles. The standard InChI is InChI=1S/C17H17N3O3/c1-11-14(12(2)23-20-11)9-17(21)19-10-13-5-6-18-15(8-13)16-4-3-7-22-16/h3-8H,9-10H2,1-2H3,(H,19,21). The second-order valence-corrected chi connectivity index (χ2v) is 5.28. The van der Waals surface area contributed by atoms with Crippen LogP contribution in [0.5, 0.6) is 0 Å². The minimum atomic E-state index is -0.0734. The molecule has 1 amide bonds. The molecular weight excluding hydrogens is 294 g/mol. The molecule has 0 fully saturated rings. The van der Waals surface area contributed by atoms with Crippen molar-refractivity contribution < 1.29 is 13.7 Å². The van der Waals surface area contributed by atoms with E-state index in [1.807, 2.05) is 31.2 Å². The van der Waals surface area contributed by atoms with Crippen molar-refractivity contribution in [1.82, 2.24) is 15.5 Å². The topological polar surface area (TPSA) is 81.2 Å². The molecule has 1 N–H and O–H groups in total. The van der Waals surface area contributed by atoms with Crippen LogP contribution in [-0.4, -0.2) is 16.0 Å². The van der Waals surface area contributed by atoms with Gasteiger partial charge in [-0.15, -0.1) is 0 Å². The molecule has 6 nitrogen and oxygen atoms in total. The molecule has 6 heteroatoms. The zero-order chi connectivity index (χ0) is 16.2. The molecule has 0 aliphatic carbocycles. The van der Waals surface area contributed by atoms with E-state index in [0.717, 1.165) is 22.5 Å². The van der Waals surface area contributed by atoms with Crippen molar-refractivity contribution in [3.05, 3.63) is 59.3 Å². The molecule has 0 aliphatic rings. The summed E-state index contributed by atoms with van der Waals surface area (Å²) in [6.45, 7) is 4.07. The number of carbonyl (C=O) groups is 1. The Kier molecular flexibility index (Phi) is 4.23. The van der Waals surface area contributed by atoms with Gasteiger partial charge in [-0.05, 0) is 43.7 Å². The van der Waals surface area contributed by atoms with Crippen LogP contribution in [0.1, 0.15) is 22.6 Å². The smallest absolute Gasteiger partial charge is 0.224 e. The number of amides is 1. The number of pyridine rings is 1. The summed E-state index contributed by atoms with van der Waals surface area (Å²) in [5.41, 5.74) is 3.29. The average molecular weight is 311 g/mol. The largest absolute Gasteiger partial charge is 0.463 e. The van der Waals surface area contributed by atoms with Gasteiger partial charge in [0.25, 0.3) is 0 Å². The van der Waals surface area contributed by atoms with Crippen LogP contribution in [0.4, 0.5) is 0 Å². The van der Waals surface area contributed by atoms with Crippen LogP contribution in [0, 0.1) is 13.8 Å². The highest BCUT2D eigenvalue weighted by molar-refractivity contribution is 5.79. The van der Waals surface area contributed by atoms with Crippen molar-refractivity contribution in [2.24, 2.45) is 0 Å². The molecule has 3 rings (SSSR count). The summed E-state index contributed by atoms with van der Waals surface area (Å²) in [5, 5.41) is 6.75. The van der Waals surface area contributed by atoms with E-state index in [-0.39, 0.29) is 12.3 Å². The monoisotopic (exact) mass is 311 g/mol. The van der Waals surface area contributed by atoms with Crippen molar-refractivity contribution in [3.8, 4) is 11.5 Å². The number of hydrogen-bond acceptors (Lipinski definition) is 5. The summed E-state index contributed by atoms with van der Waals surface area (Å²) < 4.78 is 10.4. The Bertz CT molecular complexity index is 787. The van der Waals surface area contributed by atoms with Crippen LogP contribution in [-0.2, 0) is 17.8 Å². The summed E-state index contributed by atoms with van der Waals surface area (Å²) in [5.74, 6) is 1.31. The number of furan rings is 1. The summed E-state index contributed by atoms with van der Waals surface area (Å²) in [4.78, 5) is 16.4. The molecule has 0 unspecified atom stereocenters. The number of rotatable bonds is 5. The van der Waals surface area contributed by atoms with Gasteiger partial charge < -0.3 is 14.3 Å². The molecule has 0 aromatic carbocycles. The molecule has 0 spiro atoms. The molecule has 0 aliphatic heterocycles. The summed E-state index contributed by atoms with van der Waals surface area (Å²) in [6.07, 6.45) is 3.57. The maximum atomic E-state index is 12.1. The first-order valence-electron chi connectivity index (χ1n) is 7.30. The quantitative estimate of drug-likeness (QED) is 0.783. The third-order valence-electron chi connectivity index (χ3n) is 3.61. The van der Waals surface area contributed by atoms with Gasteiger partial charge in [0, 0.05) is 18.3 Å². The summed E-state index contributed by atoms with van der Waals surface area (Å²) in [6, 6.07) is 7.43. The van der Waals surface area contributed by atoms with Gasteiger partial charge in [0.05, 0.1) is 18.4 Å². The lowest BCUT2D eigenvalue weighted by Gasteiger charge is -2.06. The Labute approximate surface area is 133 Å². The highest BCUT2D eigenvalue weighted by Gasteiger charge is 2.13. The van der Waals surface area contributed by atoms with Gasteiger partial charge in [0.1, 0.15) is 11.5 Å². The Morgan fingerprint density at radius 3 is 2.87 bits per heavy atom. The first-order valence-corrected chi connectivity index (χ1v) is 7.30. The van der Waals surface area contributed by atoms with E-state index in [2.05, 4.69) is 15.5 Å². The van der Waals surface area contributed by atoms with E-state index in [1.54, 1.807) is 19.4 Å². The number of hydrogen-bond donors (Lipinski definition) is 1. The van der Waals surface area contributed by atoms with Crippen LogP contribution >= 0.6 is 0 Å². The predicted octanol–water partition coefficient (Wildman–Crippen LogP) is 2.81. The highest BCUT2D eigenvalue weighted by Crippen LogP contribution is 2.18. The fourth-order valence-corrected chi connectivity index (χ4v) is 2.32. The molecule has 3 aromatic rings. The number of aromatic nitrogens is 2. The Morgan fingerprint density at radius 2 is 2.17 bits per heavy atom. The third kappa shape index (κ3) is 3.48. The maximum Gasteiger partial charge on any atom is 0.224 e. The van der Waals surface area contributed by atoms with E-state index >= 15 is 0 Å². The van der Waals surface area contributed by atoms with Crippen LogP contribution < -0.4 is 5.32 Å². The first kappa shape index (κ1) is 15.0. The van der Waals surface area contributed by atoms with Gasteiger partial charge in [0.15, 0.2) is 5.76 Å². The van der Waals surface area contributed by atoms with E-state index in [0.29, 0.717) is 18.1 Å². The van der Waals surface area contributed by atoms with Gasteiger partial charge >= 0.3 is 0 Å². The molecule has 0 saturated heterocycles. The molecule has 0 saturated carbocycles. The van der Waals surface area contributed by atoms with Gasteiger partial charge in [0.2, 0.25) is 5.91 Å².